The monoisotopic (exact) mass is 247 g/mol. The number of hydrogen-bond donors (Lipinski definition) is 1. The third-order valence-electron chi connectivity index (χ3n) is 2.72. The zero-order chi connectivity index (χ0) is 13.7. The van der Waals surface area contributed by atoms with E-state index in [-0.39, 0.29) is 30.6 Å². The van der Waals surface area contributed by atoms with Crippen molar-refractivity contribution in [3.05, 3.63) is 34.9 Å². The highest BCUT2D eigenvalue weighted by molar-refractivity contribution is 5.99. The number of amides is 1. The summed E-state index contributed by atoms with van der Waals surface area (Å²) >= 11 is 0. The van der Waals surface area contributed by atoms with E-state index in [1.807, 2.05) is 45.9 Å². The zero-order valence-corrected chi connectivity index (χ0v) is 11.5. The molecule has 0 saturated heterocycles. The van der Waals surface area contributed by atoms with Gasteiger partial charge >= 0.3 is 0 Å². The quantitative estimate of drug-likeness (QED) is 0.813. The predicted molar refractivity (Wildman–Crippen MR) is 72.8 cm³/mol. The molecule has 98 valence electrons. The Morgan fingerprint density at radius 1 is 1.17 bits per heavy atom. The van der Waals surface area contributed by atoms with Crippen LogP contribution in [-0.2, 0) is 4.79 Å². The first-order chi connectivity index (χ1) is 8.40. The summed E-state index contributed by atoms with van der Waals surface area (Å²) in [6.45, 7) is 7.69. The van der Waals surface area contributed by atoms with Crippen LogP contribution in [0.1, 0.15) is 48.2 Å². The van der Waals surface area contributed by atoms with Gasteiger partial charge in [-0.05, 0) is 39.3 Å². The van der Waals surface area contributed by atoms with E-state index in [1.165, 1.54) is 0 Å². The van der Waals surface area contributed by atoms with Gasteiger partial charge in [0, 0.05) is 24.4 Å². The lowest BCUT2D eigenvalue weighted by molar-refractivity contribution is -0.121. The number of hydrogen-bond acceptors (Lipinski definition) is 2. The molecule has 0 aliphatic heterocycles. The molecule has 1 amide bonds. The minimum Gasteiger partial charge on any atom is -0.354 e. The Morgan fingerprint density at radius 3 is 2.44 bits per heavy atom. The van der Waals surface area contributed by atoms with Crippen molar-refractivity contribution in [2.24, 2.45) is 0 Å². The lowest BCUT2D eigenvalue weighted by Crippen LogP contribution is -2.30. The second-order valence-corrected chi connectivity index (χ2v) is 4.96. The van der Waals surface area contributed by atoms with Gasteiger partial charge in [0.05, 0.1) is 0 Å². The van der Waals surface area contributed by atoms with Gasteiger partial charge in [0.25, 0.3) is 0 Å². The van der Waals surface area contributed by atoms with Crippen molar-refractivity contribution in [3.63, 3.8) is 0 Å². The smallest absolute Gasteiger partial charge is 0.220 e. The Kier molecular flexibility index (Phi) is 5.08. The van der Waals surface area contributed by atoms with Gasteiger partial charge in [-0.25, -0.2) is 0 Å². The summed E-state index contributed by atoms with van der Waals surface area (Å²) in [6, 6.07) is 5.93. The first-order valence-electron chi connectivity index (χ1n) is 6.30. The first-order valence-corrected chi connectivity index (χ1v) is 6.30. The lowest BCUT2D eigenvalue weighted by atomic mass is 9.99. The summed E-state index contributed by atoms with van der Waals surface area (Å²) in [5.41, 5.74) is 2.76. The van der Waals surface area contributed by atoms with E-state index < -0.39 is 0 Å². The van der Waals surface area contributed by atoms with Crippen LogP contribution in [0.25, 0.3) is 0 Å². The maximum atomic E-state index is 12.0. The molecule has 0 fully saturated rings. The number of benzene rings is 1. The summed E-state index contributed by atoms with van der Waals surface area (Å²) in [5.74, 6) is -0.0289. The van der Waals surface area contributed by atoms with Crippen molar-refractivity contribution in [1.29, 1.82) is 0 Å². The maximum absolute atomic E-state index is 12.0. The number of ketones is 1. The van der Waals surface area contributed by atoms with Crippen molar-refractivity contribution in [1.82, 2.24) is 5.32 Å². The van der Waals surface area contributed by atoms with Crippen LogP contribution in [0.5, 0.6) is 0 Å². The van der Waals surface area contributed by atoms with E-state index in [2.05, 4.69) is 5.32 Å². The summed E-state index contributed by atoms with van der Waals surface area (Å²) < 4.78 is 0. The molecule has 0 aromatic heterocycles. The number of rotatable bonds is 5. The van der Waals surface area contributed by atoms with Crippen LogP contribution >= 0.6 is 0 Å². The highest BCUT2D eigenvalue weighted by Gasteiger charge is 2.12. The van der Waals surface area contributed by atoms with Crippen LogP contribution in [0.3, 0.4) is 0 Å². The molecular weight excluding hydrogens is 226 g/mol. The molecule has 0 atom stereocenters. The Hall–Kier alpha value is -1.64. The molecular formula is C15H21NO2. The molecule has 0 unspecified atom stereocenters. The summed E-state index contributed by atoms with van der Waals surface area (Å²) in [6.07, 6.45) is 0.521. The van der Waals surface area contributed by atoms with Crippen molar-refractivity contribution < 1.29 is 9.59 Å². The molecule has 0 bridgehead atoms. The highest BCUT2D eigenvalue weighted by atomic mass is 16.2. The van der Waals surface area contributed by atoms with Crippen LogP contribution in [0, 0.1) is 13.8 Å². The minimum absolute atomic E-state index is 0.0371. The molecule has 1 aromatic carbocycles. The molecule has 0 spiro atoms. The zero-order valence-electron chi connectivity index (χ0n) is 11.5. The fraction of sp³-hybridized carbons (Fsp3) is 0.467. The maximum Gasteiger partial charge on any atom is 0.220 e. The second kappa shape index (κ2) is 6.34. The van der Waals surface area contributed by atoms with Crippen molar-refractivity contribution in [3.8, 4) is 0 Å². The average Bonchev–Trinajstić information content (AvgIpc) is 2.28. The van der Waals surface area contributed by atoms with E-state index in [1.54, 1.807) is 0 Å². The standard InChI is InChI=1S/C15H21NO2/c1-10(2)16-15(18)8-7-14(17)13-9-11(3)5-6-12(13)4/h5-6,9-10H,7-8H2,1-4H3,(H,16,18). The van der Waals surface area contributed by atoms with Gasteiger partial charge in [0.15, 0.2) is 5.78 Å². The summed E-state index contributed by atoms with van der Waals surface area (Å²) in [7, 11) is 0. The van der Waals surface area contributed by atoms with E-state index in [4.69, 9.17) is 0 Å². The fourth-order valence-electron chi connectivity index (χ4n) is 1.79. The van der Waals surface area contributed by atoms with Gasteiger partial charge in [-0.1, -0.05) is 17.7 Å². The Morgan fingerprint density at radius 2 is 1.83 bits per heavy atom. The van der Waals surface area contributed by atoms with Crippen molar-refractivity contribution in [2.45, 2.75) is 46.6 Å². The van der Waals surface area contributed by atoms with Gasteiger partial charge in [-0.3, -0.25) is 9.59 Å². The van der Waals surface area contributed by atoms with E-state index in [0.717, 1.165) is 16.7 Å². The molecule has 0 radical (unpaired) electrons. The van der Waals surface area contributed by atoms with Gasteiger partial charge < -0.3 is 5.32 Å². The average molecular weight is 247 g/mol. The lowest BCUT2D eigenvalue weighted by Gasteiger charge is -2.09. The third-order valence-corrected chi connectivity index (χ3v) is 2.72. The van der Waals surface area contributed by atoms with Gasteiger partial charge in [0.1, 0.15) is 0 Å². The van der Waals surface area contributed by atoms with Gasteiger partial charge in [-0.2, -0.15) is 0 Å². The van der Waals surface area contributed by atoms with Crippen LogP contribution in [-0.4, -0.2) is 17.7 Å². The molecule has 18 heavy (non-hydrogen) atoms. The molecule has 0 heterocycles. The minimum atomic E-state index is -0.0661. The Balaban J connectivity index is 2.60. The first kappa shape index (κ1) is 14.4. The second-order valence-electron chi connectivity index (χ2n) is 4.96. The molecule has 3 nitrogen and oxygen atoms in total. The topological polar surface area (TPSA) is 46.2 Å². The molecule has 1 aromatic rings. The van der Waals surface area contributed by atoms with Crippen LogP contribution in [0.2, 0.25) is 0 Å². The third kappa shape index (κ3) is 4.32. The summed E-state index contributed by atoms with van der Waals surface area (Å²) in [4.78, 5) is 23.5. The number of nitrogens with one attached hydrogen (secondary N) is 1. The van der Waals surface area contributed by atoms with Gasteiger partial charge in [-0.15, -0.1) is 0 Å². The van der Waals surface area contributed by atoms with E-state index >= 15 is 0 Å². The molecule has 0 saturated carbocycles. The van der Waals surface area contributed by atoms with Crippen LogP contribution < -0.4 is 5.32 Å². The van der Waals surface area contributed by atoms with Crippen LogP contribution in [0.15, 0.2) is 18.2 Å². The Bertz CT molecular complexity index is 450. The summed E-state index contributed by atoms with van der Waals surface area (Å²) in [5, 5.41) is 2.78. The molecule has 0 aliphatic rings. The number of carbonyl (C=O) groups is 2. The molecule has 1 N–H and O–H groups in total. The van der Waals surface area contributed by atoms with E-state index in [9.17, 15) is 9.59 Å². The van der Waals surface area contributed by atoms with Crippen molar-refractivity contribution >= 4 is 11.7 Å². The number of aryl methyl sites for hydroxylation is 2. The van der Waals surface area contributed by atoms with Crippen molar-refractivity contribution in [2.75, 3.05) is 0 Å². The van der Waals surface area contributed by atoms with E-state index in [0.29, 0.717) is 0 Å². The Labute approximate surface area is 109 Å². The molecule has 3 heteroatoms. The fourth-order valence-corrected chi connectivity index (χ4v) is 1.79. The van der Waals surface area contributed by atoms with Crippen LogP contribution in [0.4, 0.5) is 0 Å². The number of carbonyl (C=O) groups excluding carboxylic acids is 2. The normalized spacial score (nSPS) is 10.5. The predicted octanol–water partition coefficient (Wildman–Crippen LogP) is 2.79. The SMILES string of the molecule is Cc1ccc(C)c(C(=O)CCC(=O)NC(C)C)c1. The largest absolute Gasteiger partial charge is 0.354 e. The van der Waals surface area contributed by atoms with Gasteiger partial charge in [0.2, 0.25) is 5.91 Å². The molecule has 1 rings (SSSR count). The number of Topliss-reactive ketones (excluding diaryl/α,β-unsaturated/α-hetero) is 1. The highest BCUT2D eigenvalue weighted by Crippen LogP contribution is 2.13. The molecule has 0 aliphatic carbocycles.